The van der Waals surface area contributed by atoms with Gasteiger partial charge in [0.25, 0.3) is 0 Å². The van der Waals surface area contributed by atoms with Crippen LogP contribution in [0.25, 0.3) is 0 Å². The first-order chi connectivity index (χ1) is 7.89. The smallest absolute Gasteiger partial charge is 0.179 e. The Bertz CT molecular complexity index is 427. The Morgan fingerprint density at radius 2 is 1.94 bits per heavy atom. The average molecular weight is 257 g/mol. The van der Waals surface area contributed by atoms with Gasteiger partial charge >= 0.3 is 0 Å². The molecule has 0 bridgehead atoms. The number of fused-ring (bicyclic) bond motifs is 1. The summed E-state index contributed by atoms with van der Waals surface area (Å²) < 4.78 is 11.4. The maximum absolute atomic E-state index is 9.57. The van der Waals surface area contributed by atoms with Crippen LogP contribution in [0, 0.1) is 5.41 Å². The molecule has 0 saturated carbocycles. The number of aliphatic hydroxyl groups is 1. The van der Waals surface area contributed by atoms with Crippen LogP contribution in [0.1, 0.15) is 32.4 Å². The SMILES string of the molecule is CC(O)c1cc(Cl)c2c(c1)OCC(C)(C)CO2. The number of ether oxygens (including phenoxy) is 2. The van der Waals surface area contributed by atoms with Crippen molar-refractivity contribution in [2.24, 2.45) is 5.41 Å². The normalized spacial score (nSPS) is 19.6. The minimum absolute atomic E-state index is 0.0483. The summed E-state index contributed by atoms with van der Waals surface area (Å²) in [6.07, 6.45) is -0.572. The first-order valence-corrected chi connectivity index (χ1v) is 6.04. The van der Waals surface area contributed by atoms with Crippen molar-refractivity contribution < 1.29 is 14.6 Å². The van der Waals surface area contributed by atoms with E-state index in [2.05, 4.69) is 13.8 Å². The molecule has 94 valence electrons. The van der Waals surface area contributed by atoms with Crippen molar-refractivity contribution in [2.45, 2.75) is 26.9 Å². The van der Waals surface area contributed by atoms with E-state index < -0.39 is 6.10 Å². The van der Waals surface area contributed by atoms with E-state index in [0.29, 0.717) is 29.7 Å². The van der Waals surface area contributed by atoms with Crippen LogP contribution in [-0.4, -0.2) is 18.3 Å². The third-order valence-corrected chi connectivity index (χ3v) is 3.02. The van der Waals surface area contributed by atoms with Gasteiger partial charge in [0, 0.05) is 5.41 Å². The van der Waals surface area contributed by atoms with E-state index in [0.717, 1.165) is 5.56 Å². The Morgan fingerprint density at radius 1 is 1.29 bits per heavy atom. The van der Waals surface area contributed by atoms with Crippen LogP contribution in [0.4, 0.5) is 0 Å². The molecule has 0 spiro atoms. The van der Waals surface area contributed by atoms with Crippen LogP contribution in [0.3, 0.4) is 0 Å². The maximum atomic E-state index is 9.57. The first kappa shape index (κ1) is 12.5. The van der Waals surface area contributed by atoms with Gasteiger partial charge in [0.1, 0.15) is 0 Å². The Balaban J connectivity index is 2.39. The number of aliphatic hydroxyl groups excluding tert-OH is 1. The molecule has 3 nitrogen and oxygen atoms in total. The van der Waals surface area contributed by atoms with E-state index in [1.54, 1.807) is 19.1 Å². The second-order valence-electron chi connectivity index (χ2n) is 5.25. The summed E-state index contributed by atoms with van der Waals surface area (Å²) in [5.41, 5.74) is 0.685. The standard InChI is InChI=1S/C13H17ClO3/c1-8(15)9-4-10(14)12-11(5-9)16-6-13(2,3)7-17-12/h4-5,8,15H,6-7H2,1-3H3. The quantitative estimate of drug-likeness (QED) is 0.839. The van der Waals surface area contributed by atoms with Crippen molar-refractivity contribution >= 4 is 11.6 Å². The Labute approximate surface area is 106 Å². The van der Waals surface area contributed by atoms with Crippen LogP contribution in [-0.2, 0) is 0 Å². The highest BCUT2D eigenvalue weighted by Gasteiger charge is 2.27. The fourth-order valence-electron chi connectivity index (χ4n) is 1.66. The van der Waals surface area contributed by atoms with Gasteiger partial charge in [-0.25, -0.2) is 0 Å². The van der Waals surface area contributed by atoms with Gasteiger partial charge in [0.15, 0.2) is 11.5 Å². The molecule has 0 saturated heterocycles. The third-order valence-electron chi connectivity index (χ3n) is 2.74. The van der Waals surface area contributed by atoms with Gasteiger partial charge in [0.2, 0.25) is 0 Å². The Hall–Kier alpha value is -0.930. The van der Waals surface area contributed by atoms with Crippen molar-refractivity contribution in [1.82, 2.24) is 0 Å². The second-order valence-corrected chi connectivity index (χ2v) is 5.65. The number of hydrogen-bond donors (Lipinski definition) is 1. The molecule has 2 rings (SSSR count). The average Bonchev–Trinajstić information content (AvgIpc) is 2.38. The van der Waals surface area contributed by atoms with Crippen molar-refractivity contribution in [2.75, 3.05) is 13.2 Å². The molecule has 17 heavy (non-hydrogen) atoms. The first-order valence-electron chi connectivity index (χ1n) is 5.66. The van der Waals surface area contributed by atoms with E-state index in [1.807, 2.05) is 0 Å². The van der Waals surface area contributed by atoms with Gasteiger partial charge < -0.3 is 14.6 Å². The highest BCUT2D eigenvalue weighted by atomic mass is 35.5. The molecule has 0 fully saturated rings. The van der Waals surface area contributed by atoms with Gasteiger partial charge in [-0.1, -0.05) is 25.4 Å². The van der Waals surface area contributed by atoms with E-state index in [9.17, 15) is 5.11 Å². The van der Waals surface area contributed by atoms with Gasteiger partial charge in [0.05, 0.1) is 24.3 Å². The zero-order valence-corrected chi connectivity index (χ0v) is 11.0. The molecule has 0 amide bonds. The minimum atomic E-state index is -0.572. The summed E-state index contributed by atoms with van der Waals surface area (Å²) in [5, 5.41) is 10.1. The summed E-state index contributed by atoms with van der Waals surface area (Å²) >= 11 is 6.14. The van der Waals surface area contributed by atoms with Gasteiger partial charge in [-0.2, -0.15) is 0 Å². The zero-order valence-electron chi connectivity index (χ0n) is 10.3. The Kier molecular flexibility index (Phi) is 3.23. The maximum Gasteiger partial charge on any atom is 0.179 e. The molecule has 1 aromatic rings. The van der Waals surface area contributed by atoms with Crippen LogP contribution >= 0.6 is 11.6 Å². The summed E-state index contributed by atoms with van der Waals surface area (Å²) in [5.74, 6) is 1.18. The lowest BCUT2D eigenvalue weighted by Gasteiger charge is -2.19. The highest BCUT2D eigenvalue weighted by molar-refractivity contribution is 6.32. The molecule has 1 unspecified atom stereocenters. The fourth-order valence-corrected chi connectivity index (χ4v) is 1.93. The van der Waals surface area contributed by atoms with Crippen LogP contribution in [0.15, 0.2) is 12.1 Å². The monoisotopic (exact) mass is 256 g/mol. The van der Waals surface area contributed by atoms with Gasteiger partial charge in [-0.3, -0.25) is 0 Å². The van der Waals surface area contributed by atoms with Crippen molar-refractivity contribution in [1.29, 1.82) is 0 Å². The zero-order chi connectivity index (χ0) is 12.6. The molecule has 1 aliphatic rings. The summed E-state index contributed by atoms with van der Waals surface area (Å²) in [6.45, 7) is 6.97. The Morgan fingerprint density at radius 3 is 2.59 bits per heavy atom. The molecular weight excluding hydrogens is 240 g/mol. The predicted octanol–water partition coefficient (Wildman–Crippen LogP) is 3.19. The minimum Gasteiger partial charge on any atom is -0.489 e. The van der Waals surface area contributed by atoms with Crippen molar-refractivity contribution in [3.8, 4) is 11.5 Å². The van der Waals surface area contributed by atoms with E-state index in [4.69, 9.17) is 21.1 Å². The largest absolute Gasteiger partial charge is 0.489 e. The molecule has 1 aromatic carbocycles. The second kappa shape index (κ2) is 4.39. The molecule has 0 radical (unpaired) electrons. The van der Waals surface area contributed by atoms with E-state index >= 15 is 0 Å². The molecule has 4 heteroatoms. The number of rotatable bonds is 1. The lowest BCUT2D eigenvalue weighted by Crippen LogP contribution is -2.26. The van der Waals surface area contributed by atoms with Gasteiger partial charge in [-0.05, 0) is 24.6 Å². The molecular formula is C13H17ClO3. The predicted molar refractivity (Wildman–Crippen MR) is 66.9 cm³/mol. The van der Waals surface area contributed by atoms with E-state index in [1.165, 1.54) is 0 Å². The number of hydrogen-bond acceptors (Lipinski definition) is 3. The summed E-state index contributed by atoms with van der Waals surface area (Å²) in [6, 6.07) is 3.50. The van der Waals surface area contributed by atoms with Crippen molar-refractivity contribution in [3.05, 3.63) is 22.7 Å². The summed E-state index contributed by atoms with van der Waals surface area (Å²) in [4.78, 5) is 0. The van der Waals surface area contributed by atoms with Crippen LogP contribution in [0.2, 0.25) is 5.02 Å². The van der Waals surface area contributed by atoms with Crippen LogP contribution < -0.4 is 9.47 Å². The topological polar surface area (TPSA) is 38.7 Å². The fraction of sp³-hybridized carbons (Fsp3) is 0.538. The number of benzene rings is 1. The lowest BCUT2D eigenvalue weighted by atomic mass is 9.97. The van der Waals surface area contributed by atoms with Crippen LogP contribution in [0.5, 0.6) is 11.5 Å². The number of halogens is 1. The van der Waals surface area contributed by atoms with Gasteiger partial charge in [-0.15, -0.1) is 0 Å². The lowest BCUT2D eigenvalue weighted by molar-refractivity contribution is 0.140. The molecule has 1 heterocycles. The van der Waals surface area contributed by atoms with Crippen molar-refractivity contribution in [3.63, 3.8) is 0 Å². The molecule has 1 aliphatic heterocycles. The highest BCUT2D eigenvalue weighted by Crippen LogP contribution is 2.41. The molecule has 0 aliphatic carbocycles. The molecule has 0 aromatic heterocycles. The third kappa shape index (κ3) is 2.67. The summed E-state index contributed by atoms with van der Waals surface area (Å²) in [7, 11) is 0. The van der Waals surface area contributed by atoms with E-state index in [-0.39, 0.29) is 5.41 Å². The molecule has 1 N–H and O–H groups in total. The molecule has 1 atom stereocenters.